The molecule has 0 amide bonds. The van der Waals surface area contributed by atoms with Gasteiger partial charge in [-0.1, -0.05) is 11.6 Å². The summed E-state index contributed by atoms with van der Waals surface area (Å²) in [5, 5.41) is 9.61. The second-order valence-corrected chi connectivity index (χ2v) is 4.66. The Morgan fingerprint density at radius 1 is 1.16 bits per heavy atom. The van der Waals surface area contributed by atoms with Crippen LogP contribution in [0.15, 0.2) is 30.3 Å². The predicted molar refractivity (Wildman–Crippen MR) is 72.1 cm³/mol. The molecule has 0 saturated carbocycles. The zero-order chi connectivity index (χ0) is 14.0. The molecule has 0 spiro atoms. The number of hydrogen-bond acceptors (Lipinski definition) is 2. The first-order valence-corrected chi connectivity index (χ1v) is 6.03. The molecule has 4 heteroatoms. The van der Waals surface area contributed by atoms with Crippen LogP contribution in [0.4, 0.5) is 4.39 Å². The van der Waals surface area contributed by atoms with E-state index in [1.165, 1.54) is 12.1 Å². The molecule has 2 nitrogen and oxygen atoms in total. The van der Waals surface area contributed by atoms with Crippen LogP contribution in [0.25, 0.3) is 0 Å². The number of benzene rings is 2. The lowest BCUT2D eigenvalue weighted by Gasteiger charge is -2.13. The van der Waals surface area contributed by atoms with Crippen molar-refractivity contribution in [3.63, 3.8) is 0 Å². The molecule has 0 saturated heterocycles. The number of rotatable bonds is 2. The van der Waals surface area contributed by atoms with Gasteiger partial charge in [0.2, 0.25) is 0 Å². The highest BCUT2D eigenvalue weighted by atomic mass is 35.5. The van der Waals surface area contributed by atoms with Crippen molar-refractivity contribution in [1.82, 2.24) is 0 Å². The van der Waals surface area contributed by atoms with E-state index in [0.717, 1.165) is 17.2 Å². The molecular formula is C15H11ClFNO. The van der Waals surface area contributed by atoms with E-state index in [1.54, 1.807) is 12.1 Å². The van der Waals surface area contributed by atoms with Gasteiger partial charge in [-0.2, -0.15) is 5.26 Å². The monoisotopic (exact) mass is 275 g/mol. The molecule has 0 atom stereocenters. The van der Waals surface area contributed by atoms with Crippen molar-refractivity contribution in [2.45, 2.75) is 13.8 Å². The maximum absolute atomic E-state index is 13.1. The summed E-state index contributed by atoms with van der Waals surface area (Å²) in [5.74, 6) is 0.499. The van der Waals surface area contributed by atoms with E-state index in [2.05, 4.69) is 0 Å². The lowest BCUT2D eigenvalue weighted by molar-refractivity contribution is 0.471. The molecule has 96 valence electrons. The van der Waals surface area contributed by atoms with Crippen LogP contribution in [-0.4, -0.2) is 0 Å². The van der Waals surface area contributed by atoms with Gasteiger partial charge in [0.15, 0.2) is 0 Å². The van der Waals surface area contributed by atoms with E-state index in [-0.39, 0.29) is 5.56 Å². The van der Waals surface area contributed by atoms with Gasteiger partial charge in [0.05, 0.1) is 5.56 Å². The second-order valence-electron chi connectivity index (χ2n) is 4.22. The fraction of sp³-hybridized carbons (Fsp3) is 0.133. The normalized spacial score (nSPS) is 10.1. The molecular weight excluding hydrogens is 265 g/mol. The Balaban J connectivity index is 2.45. The number of hydrogen-bond donors (Lipinski definition) is 0. The van der Waals surface area contributed by atoms with E-state index in [9.17, 15) is 4.39 Å². The molecule has 0 fully saturated rings. The lowest BCUT2D eigenvalue weighted by Crippen LogP contribution is -1.94. The van der Waals surface area contributed by atoms with Crippen molar-refractivity contribution in [1.29, 1.82) is 5.26 Å². The van der Waals surface area contributed by atoms with Crippen molar-refractivity contribution in [3.05, 3.63) is 57.9 Å². The Hall–Kier alpha value is -2.05. The number of halogens is 2. The van der Waals surface area contributed by atoms with Crippen molar-refractivity contribution in [3.8, 4) is 17.6 Å². The second kappa shape index (κ2) is 5.29. The van der Waals surface area contributed by atoms with Crippen LogP contribution in [0, 0.1) is 31.0 Å². The fourth-order valence-electron chi connectivity index (χ4n) is 1.85. The number of nitriles is 1. The smallest absolute Gasteiger partial charge is 0.145 e. The third-order valence-corrected chi connectivity index (χ3v) is 2.92. The number of nitrogens with zero attached hydrogens (tertiary/aromatic N) is 1. The van der Waals surface area contributed by atoms with E-state index >= 15 is 0 Å². The fourth-order valence-corrected chi connectivity index (χ4v) is 2.17. The average molecular weight is 276 g/mol. The number of aryl methyl sites for hydroxylation is 2. The van der Waals surface area contributed by atoms with Gasteiger partial charge >= 0.3 is 0 Å². The first-order chi connectivity index (χ1) is 9.01. The van der Waals surface area contributed by atoms with Crippen LogP contribution in [0.5, 0.6) is 11.5 Å². The molecule has 2 aromatic carbocycles. The molecule has 0 aromatic heterocycles. The molecule has 0 aliphatic heterocycles. The van der Waals surface area contributed by atoms with E-state index in [4.69, 9.17) is 21.6 Å². The summed E-state index contributed by atoms with van der Waals surface area (Å²) in [6.45, 7) is 3.73. The van der Waals surface area contributed by atoms with Crippen LogP contribution in [0.2, 0.25) is 5.02 Å². The Kier molecular flexibility index (Phi) is 3.73. The molecule has 2 aromatic rings. The predicted octanol–water partition coefficient (Wildman–Crippen LogP) is 4.76. The highest BCUT2D eigenvalue weighted by molar-refractivity contribution is 6.30. The van der Waals surface area contributed by atoms with Gasteiger partial charge in [0.1, 0.15) is 23.4 Å². The third-order valence-electron chi connectivity index (χ3n) is 2.70. The molecule has 0 bridgehead atoms. The van der Waals surface area contributed by atoms with Gasteiger partial charge in [-0.3, -0.25) is 0 Å². The van der Waals surface area contributed by atoms with Crippen molar-refractivity contribution in [2.24, 2.45) is 0 Å². The lowest BCUT2D eigenvalue weighted by atomic mass is 10.1. The van der Waals surface area contributed by atoms with Gasteiger partial charge in [0, 0.05) is 5.02 Å². The summed E-state index contributed by atoms with van der Waals surface area (Å²) in [6, 6.07) is 9.33. The number of ether oxygens (including phenoxy) is 1. The van der Waals surface area contributed by atoms with Gasteiger partial charge in [0.25, 0.3) is 0 Å². The summed E-state index contributed by atoms with van der Waals surface area (Å²) in [4.78, 5) is 0. The Labute approximate surface area is 116 Å². The Morgan fingerprint density at radius 3 is 2.37 bits per heavy atom. The maximum atomic E-state index is 13.1. The third kappa shape index (κ3) is 2.86. The quantitative estimate of drug-likeness (QED) is 0.791. The summed E-state index contributed by atoms with van der Waals surface area (Å²) < 4.78 is 18.8. The van der Waals surface area contributed by atoms with Gasteiger partial charge in [-0.15, -0.1) is 0 Å². The minimum atomic E-state index is -0.464. The average Bonchev–Trinajstić information content (AvgIpc) is 2.35. The van der Waals surface area contributed by atoms with Gasteiger partial charge < -0.3 is 4.74 Å². The maximum Gasteiger partial charge on any atom is 0.145 e. The summed E-state index contributed by atoms with van der Waals surface area (Å²) >= 11 is 5.95. The minimum absolute atomic E-state index is 0.161. The first kappa shape index (κ1) is 13.4. The summed E-state index contributed by atoms with van der Waals surface area (Å²) in [7, 11) is 0. The molecule has 19 heavy (non-hydrogen) atoms. The van der Waals surface area contributed by atoms with Gasteiger partial charge in [-0.25, -0.2) is 4.39 Å². The molecule has 0 heterocycles. The topological polar surface area (TPSA) is 33.0 Å². The Bertz CT molecular complexity index is 653. The molecule has 0 unspecified atom stereocenters. The first-order valence-electron chi connectivity index (χ1n) is 5.65. The van der Waals surface area contributed by atoms with Crippen molar-refractivity contribution < 1.29 is 9.13 Å². The van der Waals surface area contributed by atoms with Crippen LogP contribution in [-0.2, 0) is 0 Å². The zero-order valence-electron chi connectivity index (χ0n) is 10.5. The van der Waals surface area contributed by atoms with Crippen LogP contribution in [0.3, 0.4) is 0 Å². The summed E-state index contributed by atoms with van der Waals surface area (Å²) in [6.07, 6.45) is 0. The highest BCUT2D eigenvalue weighted by Crippen LogP contribution is 2.32. The molecule has 0 aliphatic rings. The zero-order valence-corrected chi connectivity index (χ0v) is 11.3. The van der Waals surface area contributed by atoms with Gasteiger partial charge in [-0.05, 0) is 55.3 Å². The van der Waals surface area contributed by atoms with E-state index in [0.29, 0.717) is 16.5 Å². The van der Waals surface area contributed by atoms with Crippen LogP contribution >= 0.6 is 11.6 Å². The van der Waals surface area contributed by atoms with Crippen LogP contribution < -0.4 is 4.74 Å². The van der Waals surface area contributed by atoms with Crippen molar-refractivity contribution >= 4 is 11.6 Å². The minimum Gasteiger partial charge on any atom is -0.455 e. The highest BCUT2D eigenvalue weighted by Gasteiger charge is 2.11. The van der Waals surface area contributed by atoms with Crippen molar-refractivity contribution in [2.75, 3.05) is 0 Å². The standard InChI is InChI=1S/C15H11ClFNO/c1-9-5-12(16)6-10(2)15(9)19-14-4-3-13(17)7-11(14)8-18/h3-7H,1-2H3. The largest absolute Gasteiger partial charge is 0.455 e. The SMILES string of the molecule is Cc1cc(Cl)cc(C)c1Oc1ccc(F)cc1C#N. The molecule has 0 N–H and O–H groups in total. The Morgan fingerprint density at radius 2 is 1.79 bits per heavy atom. The molecule has 0 aliphatic carbocycles. The molecule has 0 radical (unpaired) electrons. The van der Waals surface area contributed by atoms with E-state index < -0.39 is 5.82 Å². The summed E-state index contributed by atoms with van der Waals surface area (Å²) in [5.41, 5.74) is 1.88. The van der Waals surface area contributed by atoms with Crippen LogP contribution in [0.1, 0.15) is 16.7 Å². The molecule has 2 rings (SSSR count). The van der Waals surface area contributed by atoms with E-state index in [1.807, 2.05) is 19.9 Å².